The van der Waals surface area contributed by atoms with Gasteiger partial charge < -0.3 is 24.7 Å². The number of alkyl halides is 3. The third-order valence-electron chi connectivity index (χ3n) is 1.91. The Labute approximate surface area is 108 Å². The van der Waals surface area contributed by atoms with Crippen LogP contribution in [0.15, 0.2) is 6.07 Å². The van der Waals surface area contributed by atoms with Crippen molar-refractivity contribution >= 4 is 11.8 Å². The molecule has 0 radical (unpaired) electrons. The van der Waals surface area contributed by atoms with Crippen LogP contribution < -0.4 is 9.47 Å². The molecule has 0 aliphatic heterocycles. The van der Waals surface area contributed by atoms with Crippen LogP contribution in [0, 0.1) is 10.1 Å². The SMILES string of the molecule is COc1c(OC(F)(F)F)cc(CC(=O)O)nc1[N+](=O)[O-]. The van der Waals surface area contributed by atoms with Gasteiger partial charge in [-0.15, -0.1) is 13.2 Å². The van der Waals surface area contributed by atoms with Crippen LogP contribution >= 0.6 is 0 Å². The average molecular weight is 296 g/mol. The normalized spacial score (nSPS) is 11.0. The van der Waals surface area contributed by atoms with Gasteiger partial charge in [-0.3, -0.25) is 4.79 Å². The van der Waals surface area contributed by atoms with Gasteiger partial charge in [0.1, 0.15) is 6.42 Å². The van der Waals surface area contributed by atoms with E-state index >= 15 is 0 Å². The predicted octanol–water partition coefficient (Wildman–Crippen LogP) is 1.52. The minimum atomic E-state index is -5.12. The van der Waals surface area contributed by atoms with E-state index in [0.717, 1.165) is 7.11 Å². The van der Waals surface area contributed by atoms with Crippen LogP contribution in [0.4, 0.5) is 19.0 Å². The second-order valence-corrected chi connectivity index (χ2v) is 3.34. The molecule has 20 heavy (non-hydrogen) atoms. The number of methoxy groups -OCH3 is 1. The molecule has 0 bridgehead atoms. The Morgan fingerprint density at radius 2 is 2.15 bits per heavy atom. The summed E-state index contributed by atoms with van der Waals surface area (Å²) in [6.07, 6.45) is -5.93. The fourth-order valence-electron chi connectivity index (χ4n) is 1.31. The highest BCUT2D eigenvalue weighted by atomic mass is 19.4. The maximum Gasteiger partial charge on any atom is 0.573 e. The molecule has 1 rings (SSSR count). The lowest BCUT2D eigenvalue weighted by Crippen LogP contribution is -2.18. The predicted molar refractivity (Wildman–Crippen MR) is 55.5 cm³/mol. The van der Waals surface area contributed by atoms with Gasteiger partial charge in [0, 0.05) is 6.07 Å². The van der Waals surface area contributed by atoms with E-state index in [1.807, 2.05) is 0 Å². The number of rotatable bonds is 5. The third kappa shape index (κ3) is 3.96. The van der Waals surface area contributed by atoms with E-state index in [0.29, 0.717) is 6.07 Å². The number of ether oxygens (including phenoxy) is 2. The van der Waals surface area contributed by atoms with Gasteiger partial charge in [0.05, 0.1) is 7.11 Å². The van der Waals surface area contributed by atoms with Crippen molar-refractivity contribution in [2.24, 2.45) is 0 Å². The van der Waals surface area contributed by atoms with Crippen LogP contribution in [0.1, 0.15) is 5.69 Å². The van der Waals surface area contributed by atoms with Gasteiger partial charge in [-0.25, -0.2) is 0 Å². The van der Waals surface area contributed by atoms with E-state index in [9.17, 15) is 28.1 Å². The number of hydrogen-bond donors (Lipinski definition) is 1. The molecule has 0 aromatic carbocycles. The maximum absolute atomic E-state index is 12.2. The largest absolute Gasteiger partial charge is 0.573 e. The first-order valence-electron chi connectivity index (χ1n) is 4.84. The van der Waals surface area contributed by atoms with E-state index in [1.54, 1.807) is 0 Å². The van der Waals surface area contributed by atoms with Gasteiger partial charge in [0.15, 0.2) is 11.4 Å². The Hall–Kier alpha value is -2.59. The lowest BCUT2D eigenvalue weighted by atomic mass is 10.2. The number of carboxylic acid groups (broad SMARTS) is 1. The first-order valence-corrected chi connectivity index (χ1v) is 4.84. The molecule has 0 aliphatic rings. The summed E-state index contributed by atoms with van der Waals surface area (Å²) in [5, 5.41) is 19.3. The maximum atomic E-state index is 12.2. The van der Waals surface area contributed by atoms with Gasteiger partial charge in [-0.2, -0.15) is 0 Å². The smallest absolute Gasteiger partial charge is 0.486 e. The molecule has 0 atom stereocenters. The van der Waals surface area contributed by atoms with Crippen LogP contribution in [0.2, 0.25) is 0 Å². The Morgan fingerprint density at radius 3 is 2.55 bits per heavy atom. The van der Waals surface area contributed by atoms with Crippen LogP contribution in [0.5, 0.6) is 11.5 Å². The van der Waals surface area contributed by atoms with Gasteiger partial charge >= 0.3 is 18.1 Å². The number of pyridine rings is 1. The minimum Gasteiger partial charge on any atom is -0.486 e. The Morgan fingerprint density at radius 1 is 1.55 bits per heavy atom. The molecule has 1 aromatic heterocycles. The van der Waals surface area contributed by atoms with E-state index < -0.39 is 46.7 Å². The van der Waals surface area contributed by atoms with Crippen LogP contribution in [0.3, 0.4) is 0 Å². The fraction of sp³-hybridized carbons (Fsp3) is 0.333. The molecule has 0 fully saturated rings. The van der Waals surface area contributed by atoms with Gasteiger partial charge in [-0.05, 0) is 9.91 Å². The minimum absolute atomic E-state index is 0.468. The second kappa shape index (κ2) is 5.59. The van der Waals surface area contributed by atoms with Crippen LogP contribution in [0.25, 0.3) is 0 Å². The third-order valence-corrected chi connectivity index (χ3v) is 1.91. The van der Waals surface area contributed by atoms with Gasteiger partial charge in [-0.1, -0.05) is 0 Å². The number of aliphatic carboxylic acids is 1. The summed E-state index contributed by atoms with van der Waals surface area (Å²) in [7, 11) is 0.893. The zero-order valence-corrected chi connectivity index (χ0v) is 9.80. The summed E-state index contributed by atoms with van der Waals surface area (Å²) in [4.78, 5) is 23.4. The second-order valence-electron chi connectivity index (χ2n) is 3.34. The summed E-state index contributed by atoms with van der Waals surface area (Å²) < 4.78 is 44.6. The first-order chi connectivity index (χ1) is 9.14. The van der Waals surface area contributed by atoms with Crippen molar-refractivity contribution in [2.75, 3.05) is 7.11 Å². The van der Waals surface area contributed by atoms with Crippen molar-refractivity contribution in [1.29, 1.82) is 0 Å². The van der Waals surface area contributed by atoms with E-state index in [-0.39, 0.29) is 0 Å². The molecule has 0 aliphatic carbocycles. The summed E-state index contributed by atoms with van der Waals surface area (Å²) in [5.41, 5.74) is -0.468. The highest BCUT2D eigenvalue weighted by molar-refractivity contribution is 5.70. The highest BCUT2D eigenvalue weighted by Gasteiger charge is 2.36. The standard InChI is InChI=1S/C9H7F3N2O6/c1-19-7-5(20-9(10,11)12)2-4(3-6(15)16)13-8(7)14(17)18/h2H,3H2,1H3,(H,15,16). The molecular formula is C9H7F3N2O6. The molecule has 0 saturated carbocycles. The fourth-order valence-corrected chi connectivity index (χ4v) is 1.31. The number of hydrogen-bond acceptors (Lipinski definition) is 6. The average Bonchev–Trinajstić information content (AvgIpc) is 2.25. The van der Waals surface area contributed by atoms with Crippen molar-refractivity contribution < 1.29 is 37.5 Å². The summed E-state index contributed by atoms with van der Waals surface area (Å²) in [6.45, 7) is 0. The van der Waals surface area contributed by atoms with Crippen molar-refractivity contribution in [3.63, 3.8) is 0 Å². The summed E-state index contributed by atoms with van der Waals surface area (Å²) in [5.74, 6) is -4.36. The molecule has 1 aromatic rings. The van der Waals surface area contributed by atoms with E-state index in [1.165, 1.54) is 0 Å². The molecule has 11 heteroatoms. The number of nitrogens with zero attached hydrogens (tertiary/aromatic N) is 2. The monoisotopic (exact) mass is 296 g/mol. The van der Waals surface area contributed by atoms with Crippen LogP contribution in [-0.2, 0) is 11.2 Å². The Bertz CT molecular complexity index is 545. The van der Waals surface area contributed by atoms with Crippen LogP contribution in [-0.4, -0.2) is 34.5 Å². The molecule has 110 valence electrons. The zero-order valence-electron chi connectivity index (χ0n) is 9.80. The molecule has 0 amide bonds. The molecule has 0 spiro atoms. The molecular weight excluding hydrogens is 289 g/mol. The summed E-state index contributed by atoms with van der Waals surface area (Å²) >= 11 is 0. The Kier molecular flexibility index (Phi) is 4.32. The molecule has 8 nitrogen and oxygen atoms in total. The highest BCUT2D eigenvalue weighted by Crippen LogP contribution is 2.38. The van der Waals surface area contributed by atoms with Gasteiger partial charge in [0.2, 0.25) is 0 Å². The Balaban J connectivity index is 3.40. The van der Waals surface area contributed by atoms with E-state index in [4.69, 9.17) is 5.11 Å². The number of carbonyl (C=O) groups is 1. The lowest BCUT2D eigenvalue weighted by Gasteiger charge is -2.12. The number of halogens is 3. The van der Waals surface area contributed by atoms with E-state index in [2.05, 4.69) is 14.5 Å². The van der Waals surface area contributed by atoms with Gasteiger partial charge in [0.25, 0.3) is 5.75 Å². The number of carboxylic acids is 1. The first kappa shape index (κ1) is 15.5. The quantitative estimate of drug-likeness (QED) is 0.647. The number of nitro groups is 1. The molecule has 0 saturated heterocycles. The zero-order chi connectivity index (χ0) is 15.5. The topological polar surface area (TPSA) is 112 Å². The van der Waals surface area contributed by atoms with Crippen molar-refractivity contribution in [3.05, 3.63) is 21.9 Å². The molecule has 1 N–H and O–H groups in total. The van der Waals surface area contributed by atoms with Crippen molar-refractivity contribution in [3.8, 4) is 11.5 Å². The molecule has 1 heterocycles. The van der Waals surface area contributed by atoms with Crippen molar-refractivity contribution in [1.82, 2.24) is 4.98 Å². The lowest BCUT2D eigenvalue weighted by molar-refractivity contribution is -0.390. The summed E-state index contributed by atoms with van der Waals surface area (Å²) in [6, 6.07) is 0.618. The number of aromatic nitrogens is 1. The van der Waals surface area contributed by atoms with Crippen molar-refractivity contribution in [2.45, 2.75) is 12.8 Å². The molecule has 0 unspecified atom stereocenters.